The maximum atomic E-state index is 13.1. The molecule has 28 heavy (non-hydrogen) atoms. The third-order valence-electron chi connectivity index (χ3n) is 5.70. The number of carbonyl (C=O) groups is 2. The number of nitrogens with zero attached hydrogens (tertiary/aromatic N) is 1. The largest absolute Gasteiger partial charge is 0.384 e. The fraction of sp³-hybridized carbons (Fsp3) is 0.619. The molecule has 0 aromatic heterocycles. The summed E-state index contributed by atoms with van der Waals surface area (Å²) in [5, 5.41) is 14.9. The predicted molar refractivity (Wildman–Crippen MR) is 111 cm³/mol. The van der Waals surface area contributed by atoms with Gasteiger partial charge in [-0.2, -0.15) is 0 Å². The maximum Gasteiger partial charge on any atom is 0.245 e. The molecule has 0 saturated carbocycles. The average Bonchev–Trinajstić information content (AvgIpc) is 2.62. The fourth-order valence-corrected chi connectivity index (χ4v) is 3.98. The summed E-state index contributed by atoms with van der Waals surface area (Å²) in [5.74, 6) is -0.385. The highest BCUT2D eigenvalue weighted by Crippen LogP contribution is 2.46. The molecule has 2 amide bonds. The molecule has 1 aliphatic heterocycles. The van der Waals surface area contributed by atoms with E-state index in [0.717, 1.165) is 5.56 Å². The molecule has 0 spiro atoms. The maximum absolute atomic E-state index is 13.1. The van der Waals surface area contributed by atoms with Gasteiger partial charge in [0.1, 0.15) is 6.04 Å². The Morgan fingerprint density at radius 3 is 2.39 bits per heavy atom. The molecule has 0 bridgehead atoms. The standard InChI is InChI=1S/C21H32ClN3O3/c1-14(2)18(24-17(26)9-11-23)19(27)25-12-10-21(28,20(3,4)13-25)15-5-7-16(22)8-6-15/h5-8,14,18,28H,9-13,23H2,1-4H3,(H,24,26)/t18-,21+/m1/s1. The predicted octanol–water partition coefficient (Wildman–Crippen LogP) is 2.28. The number of nitrogens with one attached hydrogen (secondary N) is 1. The van der Waals surface area contributed by atoms with Crippen LogP contribution >= 0.6 is 11.6 Å². The smallest absolute Gasteiger partial charge is 0.245 e. The number of amides is 2. The number of carbonyl (C=O) groups excluding carboxylic acids is 2. The topological polar surface area (TPSA) is 95.7 Å². The Balaban J connectivity index is 2.18. The van der Waals surface area contributed by atoms with Gasteiger partial charge < -0.3 is 21.1 Å². The van der Waals surface area contributed by atoms with Crippen LogP contribution in [0.25, 0.3) is 0 Å². The van der Waals surface area contributed by atoms with Crippen molar-refractivity contribution in [2.24, 2.45) is 17.1 Å². The quantitative estimate of drug-likeness (QED) is 0.671. The molecule has 156 valence electrons. The number of rotatable bonds is 6. The molecule has 2 atom stereocenters. The first-order valence-electron chi connectivity index (χ1n) is 9.78. The minimum atomic E-state index is -1.06. The van der Waals surface area contributed by atoms with Crippen molar-refractivity contribution in [3.05, 3.63) is 34.9 Å². The van der Waals surface area contributed by atoms with E-state index in [9.17, 15) is 14.7 Å². The Bertz CT molecular complexity index is 705. The van der Waals surface area contributed by atoms with Crippen LogP contribution in [0.1, 0.15) is 46.1 Å². The number of likely N-dealkylation sites (tertiary alicyclic amines) is 1. The van der Waals surface area contributed by atoms with Crippen LogP contribution in [-0.2, 0) is 15.2 Å². The minimum Gasteiger partial charge on any atom is -0.384 e. The molecule has 7 heteroatoms. The van der Waals surface area contributed by atoms with Crippen molar-refractivity contribution < 1.29 is 14.7 Å². The summed E-state index contributed by atoms with van der Waals surface area (Å²) < 4.78 is 0. The normalized spacial score (nSPS) is 22.8. The first kappa shape index (κ1) is 22.7. The van der Waals surface area contributed by atoms with Crippen LogP contribution in [0.5, 0.6) is 0 Å². The van der Waals surface area contributed by atoms with Crippen LogP contribution in [-0.4, -0.2) is 47.5 Å². The monoisotopic (exact) mass is 409 g/mol. The minimum absolute atomic E-state index is 0.0468. The number of hydrogen-bond acceptors (Lipinski definition) is 4. The van der Waals surface area contributed by atoms with Gasteiger partial charge in [-0.15, -0.1) is 0 Å². The Morgan fingerprint density at radius 2 is 1.89 bits per heavy atom. The van der Waals surface area contributed by atoms with E-state index in [1.165, 1.54) is 0 Å². The van der Waals surface area contributed by atoms with Crippen LogP contribution in [0.3, 0.4) is 0 Å². The van der Waals surface area contributed by atoms with Crippen LogP contribution < -0.4 is 11.1 Å². The van der Waals surface area contributed by atoms with E-state index in [1.54, 1.807) is 17.0 Å². The number of piperidine rings is 1. The SMILES string of the molecule is CC(C)[C@@H](NC(=O)CCN)C(=O)N1CC[C@](O)(c2ccc(Cl)cc2)C(C)(C)C1. The molecule has 0 radical (unpaired) electrons. The molecular formula is C21H32ClN3O3. The summed E-state index contributed by atoms with van der Waals surface area (Å²) in [6.45, 7) is 8.78. The molecule has 1 aromatic carbocycles. The second-order valence-corrected chi connectivity index (χ2v) is 9.03. The van der Waals surface area contributed by atoms with Gasteiger partial charge in [-0.05, 0) is 30.0 Å². The summed E-state index contributed by atoms with van der Waals surface area (Å²) in [4.78, 5) is 26.9. The highest BCUT2D eigenvalue weighted by atomic mass is 35.5. The zero-order valence-corrected chi connectivity index (χ0v) is 17.9. The van der Waals surface area contributed by atoms with Crippen molar-refractivity contribution in [2.75, 3.05) is 19.6 Å². The Kier molecular flexibility index (Phi) is 7.12. The second-order valence-electron chi connectivity index (χ2n) is 8.59. The van der Waals surface area contributed by atoms with Gasteiger partial charge in [0.15, 0.2) is 0 Å². The molecule has 1 saturated heterocycles. The van der Waals surface area contributed by atoms with E-state index in [0.29, 0.717) is 24.5 Å². The van der Waals surface area contributed by atoms with Gasteiger partial charge in [-0.1, -0.05) is 51.4 Å². The summed E-state index contributed by atoms with van der Waals surface area (Å²) >= 11 is 5.98. The van der Waals surface area contributed by atoms with E-state index in [1.807, 2.05) is 39.8 Å². The lowest BCUT2D eigenvalue weighted by molar-refractivity contribution is -0.156. The summed E-state index contributed by atoms with van der Waals surface area (Å²) in [7, 11) is 0. The zero-order chi connectivity index (χ0) is 21.1. The lowest BCUT2D eigenvalue weighted by Gasteiger charge is -2.51. The molecule has 1 aliphatic rings. The Hall–Kier alpha value is -1.63. The second kappa shape index (κ2) is 8.80. The van der Waals surface area contributed by atoms with Gasteiger partial charge >= 0.3 is 0 Å². The van der Waals surface area contributed by atoms with Crippen LogP contribution in [0, 0.1) is 11.3 Å². The van der Waals surface area contributed by atoms with Crippen LogP contribution in [0.15, 0.2) is 24.3 Å². The van der Waals surface area contributed by atoms with E-state index in [4.69, 9.17) is 17.3 Å². The van der Waals surface area contributed by atoms with E-state index in [2.05, 4.69) is 5.32 Å². The first-order valence-corrected chi connectivity index (χ1v) is 10.2. The van der Waals surface area contributed by atoms with Crippen LogP contribution in [0.2, 0.25) is 5.02 Å². The van der Waals surface area contributed by atoms with Crippen molar-refractivity contribution in [1.29, 1.82) is 0 Å². The molecule has 2 rings (SSSR count). The van der Waals surface area contributed by atoms with E-state index < -0.39 is 17.1 Å². The summed E-state index contributed by atoms with van der Waals surface area (Å²) in [6.07, 6.45) is 0.604. The Labute approximate surface area is 172 Å². The third kappa shape index (κ3) is 4.67. The third-order valence-corrected chi connectivity index (χ3v) is 5.96. The molecule has 1 aromatic rings. The average molecular weight is 410 g/mol. The lowest BCUT2D eigenvalue weighted by Crippen LogP contribution is -2.60. The number of hydrogen-bond donors (Lipinski definition) is 3. The van der Waals surface area contributed by atoms with E-state index >= 15 is 0 Å². The van der Waals surface area contributed by atoms with Crippen LogP contribution in [0.4, 0.5) is 0 Å². The highest BCUT2D eigenvalue weighted by molar-refractivity contribution is 6.30. The van der Waals surface area contributed by atoms with Gasteiger partial charge in [0, 0.05) is 36.5 Å². The number of aliphatic hydroxyl groups is 1. The first-order chi connectivity index (χ1) is 13.0. The summed E-state index contributed by atoms with van der Waals surface area (Å²) in [6, 6.07) is 6.61. The molecule has 0 aliphatic carbocycles. The number of nitrogens with two attached hydrogens (primary N) is 1. The lowest BCUT2D eigenvalue weighted by atomic mass is 9.66. The van der Waals surface area contributed by atoms with Gasteiger partial charge in [0.05, 0.1) is 5.60 Å². The van der Waals surface area contributed by atoms with Gasteiger partial charge in [-0.3, -0.25) is 9.59 Å². The number of benzene rings is 1. The zero-order valence-electron chi connectivity index (χ0n) is 17.2. The highest BCUT2D eigenvalue weighted by Gasteiger charge is 2.50. The number of halogens is 1. The molecule has 1 fully saturated rings. The van der Waals surface area contributed by atoms with E-state index in [-0.39, 0.29) is 30.7 Å². The fourth-order valence-electron chi connectivity index (χ4n) is 3.86. The molecular weight excluding hydrogens is 378 g/mol. The summed E-state index contributed by atoms with van der Waals surface area (Å²) in [5.41, 5.74) is 4.60. The van der Waals surface area contributed by atoms with Crippen molar-refractivity contribution >= 4 is 23.4 Å². The Morgan fingerprint density at radius 1 is 1.29 bits per heavy atom. The van der Waals surface area contributed by atoms with Crippen molar-refractivity contribution in [2.45, 2.75) is 52.2 Å². The molecule has 4 N–H and O–H groups in total. The van der Waals surface area contributed by atoms with Crippen molar-refractivity contribution in [1.82, 2.24) is 10.2 Å². The van der Waals surface area contributed by atoms with Gasteiger partial charge in [-0.25, -0.2) is 0 Å². The van der Waals surface area contributed by atoms with Crippen molar-refractivity contribution in [3.63, 3.8) is 0 Å². The van der Waals surface area contributed by atoms with Gasteiger partial charge in [0.2, 0.25) is 11.8 Å². The molecule has 6 nitrogen and oxygen atoms in total. The van der Waals surface area contributed by atoms with Gasteiger partial charge in [0.25, 0.3) is 0 Å². The molecule has 1 heterocycles. The van der Waals surface area contributed by atoms with Crippen molar-refractivity contribution in [3.8, 4) is 0 Å². The molecule has 0 unspecified atom stereocenters.